The van der Waals surface area contributed by atoms with Crippen LogP contribution in [0.25, 0.3) is 0 Å². The smallest absolute Gasteiger partial charge is 0.0543 e. The van der Waals surface area contributed by atoms with Crippen molar-refractivity contribution in [3.8, 4) is 0 Å². The Morgan fingerprint density at radius 2 is 1.71 bits per heavy atom. The zero-order valence-electron chi connectivity index (χ0n) is 15.8. The normalized spacial score (nSPS) is 54.0. The average molecular weight is 335 g/mol. The molecule has 24 heavy (non-hydrogen) atoms. The predicted octanol–water partition coefficient (Wildman–Crippen LogP) is 3.31. The lowest BCUT2D eigenvalue weighted by molar-refractivity contribution is -0.123. The summed E-state index contributed by atoms with van der Waals surface area (Å²) >= 11 is 0. The van der Waals surface area contributed by atoms with E-state index in [1.807, 2.05) is 0 Å². The molecular weight excluding hydrogens is 296 g/mol. The first kappa shape index (κ1) is 17.3. The lowest BCUT2D eigenvalue weighted by Crippen LogP contribution is -2.56. The first-order valence-corrected chi connectivity index (χ1v) is 10.6. The van der Waals surface area contributed by atoms with Gasteiger partial charge in [0.05, 0.1) is 6.10 Å². The summed E-state index contributed by atoms with van der Waals surface area (Å²) in [6.07, 6.45) is 11.7. The van der Waals surface area contributed by atoms with Gasteiger partial charge in [0.25, 0.3) is 0 Å². The molecule has 4 aliphatic carbocycles. The van der Waals surface area contributed by atoms with E-state index in [0.717, 1.165) is 49.6 Å². The summed E-state index contributed by atoms with van der Waals surface area (Å²) < 4.78 is 0. The summed E-state index contributed by atoms with van der Waals surface area (Å²) in [6, 6.07) is 0.686. The highest BCUT2D eigenvalue weighted by molar-refractivity contribution is 5.10. The minimum absolute atomic E-state index is 0.0233. The molecule has 0 aliphatic heterocycles. The molecule has 0 aromatic carbocycles. The van der Waals surface area contributed by atoms with Crippen molar-refractivity contribution in [1.29, 1.82) is 0 Å². The van der Waals surface area contributed by atoms with Gasteiger partial charge in [-0.1, -0.05) is 13.8 Å². The third kappa shape index (κ3) is 2.49. The third-order valence-corrected chi connectivity index (χ3v) is 9.17. The molecule has 0 aromatic heterocycles. The van der Waals surface area contributed by atoms with Crippen molar-refractivity contribution in [1.82, 2.24) is 5.32 Å². The van der Waals surface area contributed by atoms with E-state index in [4.69, 9.17) is 5.73 Å². The summed E-state index contributed by atoms with van der Waals surface area (Å²) in [4.78, 5) is 0. The summed E-state index contributed by atoms with van der Waals surface area (Å²) in [5, 5.41) is 13.9. The van der Waals surface area contributed by atoms with Crippen LogP contribution in [0.3, 0.4) is 0 Å². The van der Waals surface area contributed by atoms with Gasteiger partial charge in [0.2, 0.25) is 0 Å². The molecule has 138 valence electrons. The van der Waals surface area contributed by atoms with E-state index in [1.165, 1.54) is 44.9 Å². The molecule has 4 saturated carbocycles. The number of aliphatic hydroxyl groups excluding tert-OH is 1. The maximum atomic E-state index is 10.1. The molecule has 4 aliphatic rings. The number of hydrogen-bond acceptors (Lipinski definition) is 3. The van der Waals surface area contributed by atoms with Crippen LogP contribution in [0.2, 0.25) is 0 Å². The predicted molar refractivity (Wildman–Crippen MR) is 98.6 cm³/mol. The van der Waals surface area contributed by atoms with E-state index in [2.05, 4.69) is 19.2 Å². The van der Waals surface area contributed by atoms with Crippen molar-refractivity contribution in [3.05, 3.63) is 0 Å². The van der Waals surface area contributed by atoms with Gasteiger partial charge >= 0.3 is 0 Å². The number of rotatable bonds is 3. The van der Waals surface area contributed by atoms with E-state index < -0.39 is 0 Å². The number of hydrogen-bond donors (Lipinski definition) is 3. The maximum Gasteiger partial charge on any atom is 0.0543 e. The van der Waals surface area contributed by atoms with Crippen molar-refractivity contribution in [2.45, 2.75) is 83.8 Å². The second kappa shape index (κ2) is 6.25. The Labute approximate surface area is 148 Å². The van der Waals surface area contributed by atoms with Gasteiger partial charge in [-0.05, 0) is 92.3 Å². The molecule has 0 amide bonds. The summed E-state index contributed by atoms with van der Waals surface area (Å²) in [5.74, 6) is 3.54. The first-order chi connectivity index (χ1) is 11.5. The van der Waals surface area contributed by atoms with Crippen LogP contribution in [-0.2, 0) is 0 Å². The van der Waals surface area contributed by atoms with E-state index in [1.54, 1.807) is 0 Å². The molecule has 0 heterocycles. The van der Waals surface area contributed by atoms with Gasteiger partial charge in [-0.3, -0.25) is 0 Å². The molecule has 0 radical (unpaired) electrons. The Hall–Kier alpha value is -0.120. The maximum absolute atomic E-state index is 10.1. The Kier molecular flexibility index (Phi) is 4.50. The van der Waals surface area contributed by atoms with Crippen LogP contribution in [0.15, 0.2) is 0 Å². The Balaban J connectivity index is 1.54. The summed E-state index contributed by atoms with van der Waals surface area (Å²) in [7, 11) is 0. The summed E-state index contributed by atoms with van der Waals surface area (Å²) in [5.41, 5.74) is 6.74. The first-order valence-electron chi connectivity index (χ1n) is 10.6. The monoisotopic (exact) mass is 334 g/mol. The molecule has 0 bridgehead atoms. The molecule has 3 heteroatoms. The topological polar surface area (TPSA) is 58.3 Å². The number of nitrogens with two attached hydrogens (primary N) is 1. The zero-order chi connectivity index (χ0) is 16.9. The van der Waals surface area contributed by atoms with Crippen molar-refractivity contribution < 1.29 is 5.11 Å². The highest BCUT2D eigenvalue weighted by Gasteiger charge is 2.59. The fourth-order valence-corrected chi connectivity index (χ4v) is 7.83. The number of fused-ring (bicyclic) bond motifs is 5. The minimum atomic E-state index is -0.0233. The van der Waals surface area contributed by atoms with Crippen molar-refractivity contribution >= 4 is 0 Å². The fraction of sp³-hybridized carbons (Fsp3) is 1.00. The largest absolute Gasteiger partial charge is 0.393 e. The van der Waals surface area contributed by atoms with E-state index in [9.17, 15) is 5.11 Å². The lowest BCUT2D eigenvalue weighted by atomic mass is 9.45. The van der Waals surface area contributed by atoms with Crippen molar-refractivity contribution in [2.75, 3.05) is 13.1 Å². The minimum Gasteiger partial charge on any atom is -0.393 e. The molecule has 4 fully saturated rings. The van der Waals surface area contributed by atoms with Gasteiger partial charge < -0.3 is 16.2 Å². The molecule has 3 nitrogen and oxygen atoms in total. The number of nitrogens with one attached hydrogen (secondary N) is 1. The summed E-state index contributed by atoms with van der Waals surface area (Å²) in [6.45, 7) is 6.89. The van der Waals surface area contributed by atoms with Gasteiger partial charge in [0.15, 0.2) is 0 Å². The standard InChI is InChI=1S/C21H38N2O/c1-20-9-7-15(24)13-14(20)3-4-16-17-5-6-19(23-12-11-22)21(17,2)10-8-18(16)20/h14-19,23-24H,3-13,22H2,1-2H3/t14-,15+,16-,17+,18-,19-,20-,21+/m0/s1. The van der Waals surface area contributed by atoms with Crippen LogP contribution in [0.1, 0.15) is 71.6 Å². The Morgan fingerprint density at radius 3 is 2.50 bits per heavy atom. The van der Waals surface area contributed by atoms with Crippen LogP contribution < -0.4 is 11.1 Å². The van der Waals surface area contributed by atoms with Crippen LogP contribution >= 0.6 is 0 Å². The lowest BCUT2D eigenvalue weighted by Gasteiger charge is -2.61. The van der Waals surface area contributed by atoms with E-state index in [0.29, 0.717) is 16.9 Å². The van der Waals surface area contributed by atoms with Crippen LogP contribution in [0, 0.1) is 34.5 Å². The van der Waals surface area contributed by atoms with Crippen LogP contribution in [0.4, 0.5) is 0 Å². The molecule has 4 rings (SSSR count). The van der Waals surface area contributed by atoms with Crippen molar-refractivity contribution in [2.24, 2.45) is 40.2 Å². The Morgan fingerprint density at radius 1 is 0.958 bits per heavy atom. The fourth-order valence-electron chi connectivity index (χ4n) is 7.83. The molecule has 4 N–H and O–H groups in total. The second-order valence-corrected chi connectivity index (χ2v) is 10.0. The van der Waals surface area contributed by atoms with Gasteiger partial charge in [-0.25, -0.2) is 0 Å². The van der Waals surface area contributed by atoms with Crippen LogP contribution in [0.5, 0.6) is 0 Å². The van der Waals surface area contributed by atoms with Gasteiger partial charge in [-0.2, -0.15) is 0 Å². The molecule has 0 saturated heterocycles. The van der Waals surface area contributed by atoms with Crippen molar-refractivity contribution in [3.63, 3.8) is 0 Å². The van der Waals surface area contributed by atoms with Crippen LogP contribution in [-0.4, -0.2) is 30.3 Å². The van der Waals surface area contributed by atoms with E-state index in [-0.39, 0.29) is 6.10 Å². The van der Waals surface area contributed by atoms with E-state index >= 15 is 0 Å². The van der Waals surface area contributed by atoms with Gasteiger partial charge in [-0.15, -0.1) is 0 Å². The molecule has 0 aromatic rings. The molecule has 0 unspecified atom stereocenters. The molecular formula is C21H38N2O. The van der Waals surface area contributed by atoms with Gasteiger partial charge in [0, 0.05) is 19.1 Å². The average Bonchev–Trinajstić information content (AvgIpc) is 2.90. The highest BCUT2D eigenvalue weighted by Crippen LogP contribution is 2.66. The zero-order valence-corrected chi connectivity index (χ0v) is 15.8. The second-order valence-electron chi connectivity index (χ2n) is 10.0. The number of aliphatic hydroxyl groups is 1. The molecule has 0 spiro atoms. The molecule has 8 atom stereocenters. The Bertz CT molecular complexity index is 469. The quantitative estimate of drug-likeness (QED) is 0.742. The highest BCUT2D eigenvalue weighted by atomic mass is 16.3. The SMILES string of the molecule is C[C@@]12CC[C@H]3[C@@H](CC[C@H]4C[C@H](O)CC[C@@]43C)[C@H]1CC[C@@H]2NCCN. The van der Waals surface area contributed by atoms with Gasteiger partial charge in [0.1, 0.15) is 0 Å². The third-order valence-electron chi connectivity index (χ3n) is 9.17.